The van der Waals surface area contributed by atoms with Gasteiger partial charge in [0, 0.05) is 6.04 Å². The fraction of sp³-hybridized carbons (Fsp3) is 0.750. The Labute approximate surface area is 75.0 Å². The van der Waals surface area contributed by atoms with E-state index in [2.05, 4.69) is 0 Å². The van der Waals surface area contributed by atoms with E-state index in [9.17, 15) is 9.59 Å². The maximum atomic E-state index is 10.8. The topological polar surface area (TPSA) is 77.8 Å². The molecule has 5 heteroatoms. The molecule has 0 spiro atoms. The van der Waals surface area contributed by atoms with Gasteiger partial charge in [0.05, 0.1) is 0 Å². The number of aliphatic carboxylic acids is 1. The Kier molecular flexibility index (Phi) is 1.38. The standard InChI is InChI=1S/C8H11NO4/c1-8-2-4(6(10)11)9(7(12)13)5(8)3-8/h4-5H,2-3H2,1H3,(H,10,11)(H,12,13)/t4-,5-,8+/m0/s1. The van der Waals surface area contributed by atoms with Crippen LogP contribution in [0.4, 0.5) is 4.79 Å². The summed E-state index contributed by atoms with van der Waals surface area (Å²) in [6, 6.07) is -0.896. The van der Waals surface area contributed by atoms with Gasteiger partial charge in [0.25, 0.3) is 0 Å². The number of fused-ring (bicyclic) bond motifs is 1. The van der Waals surface area contributed by atoms with Crippen LogP contribution in [0, 0.1) is 5.41 Å². The summed E-state index contributed by atoms with van der Waals surface area (Å²) in [5, 5.41) is 17.6. The van der Waals surface area contributed by atoms with Gasteiger partial charge in [-0.2, -0.15) is 0 Å². The Bertz CT molecular complexity index is 290. The fourth-order valence-electron chi connectivity index (χ4n) is 2.27. The fourth-order valence-corrected chi connectivity index (χ4v) is 2.27. The van der Waals surface area contributed by atoms with Crippen molar-refractivity contribution in [3.05, 3.63) is 0 Å². The predicted molar refractivity (Wildman–Crippen MR) is 42.4 cm³/mol. The Morgan fingerprint density at radius 3 is 2.38 bits per heavy atom. The van der Waals surface area contributed by atoms with Crippen LogP contribution in [0.15, 0.2) is 0 Å². The van der Waals surface area contributed by atoms with E-state index in [1.165, 1.54) is 0 Å². The molecule has 13 heavy (non-hydrogen) atoms. The van der Waals surface area contributed by atoms with Gasteiger partial charge in [0.1, 0.15) is 6.04 Å². The molecule has 0 aromatic rings. The van der Waals surface area contributed by atoms with Gasteiger partial charge in [-0.05, 0) is 18.3 Å². The minimum Gasteiger partial charge on any atom is -0.480 e. The molecule has 2 rings (SSSR count). The van der Waals surface area contributed by atoms with Crippen LogP contribution in [-0.4, -0.2) is 39.3 Å². The van der Waals surface area contributed by atoms with Gasteiger partial charge in [-0.1, -0.05) is 6.92 Å². The summed E-state index contributed by atoms with van der Waals surface area (Å²) < 4.78 is 0. The van der Waals surface area contributed by atoms with Gasteiger partial charge in [0.15, 0.2) is 0 Å². The van der Waals surface area contributed by atoms with Crippen molar-refractivity contribution in [1.29, 1.82) is 0 Å². The minimum absolute atomic E-state index is 0.0638. The first-order valence-electron chi connectivity index (χ1n) is 4.20. The van der Waals surface area contributed by atoms with Crippen molar-refractivity contribution in [3.8, 4) is 0 Å². The Morgan fingerprint density at radius 1 is 1.38 bits per heavy atom. The zero-order valence-electron chi connectivity index (χ0n) is 7.23. The lowest BCUT2D eigenvalue weighted by Crippen LogP contribution is -2.42. The molecule has 3 atom stereocenters. The molecule has 1 amide bonds. The van der Waals surface area contributed by atoms with Crippen LogP contribution in [0.2, 0.25) is 0 Å². The van der Waals surface area contributed by atoms with Crippen molar-refractivity contribution >= 4 is 12.1 Å². The van der Waals surface area contributed by atoms with E-state index in [-0.39, 0.29) is 11.5 Å². The minimum atomic E-state index is -1.11. The summed E-state index contributed by atoms with van der Waals surface area (Å²) in [7, 11) is 0. The van der Waals surface area contributed by atoms with E-state index in [1.807, 2.05) is 6.92 Å². The number of carboxylic acid groups (broad SMARTS) is 2. The Balaban J connectivity index is 2.22. The molecule has 1 saturated carbocycles. The first-order valence-corrected chi connectivity index (χ1v) is 4.20. The number of rotatable bonds is 1. The molecule has 0 radical (unpaired) electrons. The number of nitrogens with zero attached hydrogens (tertiary/aromatic N) is 1. The van der Waals surface area contributed by atoms with E-state index in [0.29, 0.717) is 6.42 Å². The maximum Gasteiger partial charge on any atom is 0.408 e. The smallest absolute Gasteiger partial charge is 0.408 e. The summed E-state index contributed by atoms with van der Waals surface area (Å²) in [5.74, 6) is -1.03. The van der Waals surface area contributed by atoms with Gasteiger partial charge in [-0.3, -0.25) is 4.90 Å². The average molecular weight is 185 g/mol. The van der Waals surface area contributed by atoms with Crippen molar-refractivity contribution in [2.45, 2.75) is 31.8 Å². The SMILES string of the molecule is C[C@@]12C[C@@H]1N(C(=O)O)[C@H](C(=O)O)C2. The molecule has 0 aromatic heterocycles. The van der Waals surface area contributed by atoms with E-state index >= 15 is 0 Å². The summed E-state index contributed by atoms with van der Waals surface area (Å²) in [5.41, 5.74) is -0.0680. The van der Waals surface area contributed by atoms with Crippen LogP contribution in [-0.2, 0) is 4.79 Å². The molecule has 1 saturated heterocycles. The molecule has 72 valence electrons. The second kappa shape index (κ2) is 2.16. The predicted octanol–water partition coefficient (Wildman–Crippen LogP) is 0.602. The largest absolute Gasteiger partial charge is 0.480 e. The molecule has 1 aliphatic carbocycles. The number of carboxylic acids is 1. The summed E-state index contributed by atoms with van der Waals surface area (Å²) in [6.45, 7) is 1.94. The lowest BCUT2D eigenvalue weighted by atomic mass is 10.0. The molecule has 2 N–H and O–H groups in total. The van der Waals surface area contributed by atoms with E-state index in [4.69, 9.17) is 10.2 Å². The number of amides is 1. The molecule has 0 unspecified atom stereocenters. The molecule has 0 bridgehead atoms. The van der Waals surface area contributed by atoms with Gasteiger partial charge < -0.3 is 10.2 Å². The molecule has 1 heterocycles. The molecule has 1 aliphatic heterocycles. The molecule has 2 aliphatic rings. The third-order valence-electron chi connectivity index (χ3n) is 3.14. The Morgan fingerprint density at radius 2 is 2.00 bits per heavy atom. The van der Waals surface area contributed by atoms with Gasteiger partial charge in [-0.15, -0.1) is 0 Å². The lowest BCUT2D eigenvalue weighted by molar-refractivity contribution is -0.142. The van der Waals surface area contributed by atoms with Gasteiger partial charge >= 0.3 is 12.1 Å². The van der Waals surface area contributed by atoms with Crippen molar-refractivity contribution in [2.24, 2.45) is 5.41 Å². The summed E-state index contributed by atoms with van der Waals surface area (Å²) in [6.07, 6.45) is 0.154. The molecule has 2 fully saturated rings. The van der Waals surface area contributed by atoms with Crippen molar-refractivity contribution in [2.75, 3.05) is 0 Å². The second-order valence-electron chi connectivity index (χ2n) is 4.12. The van der Waals surface area contributed by atoms with E-state index < -0.39 is 18.1 Å². The molecule has 5 nitrogen and oxygen atoms in total. The average Bonchev–Trinajstić information content (AvgIpc) is 2.52. The van der Waals surface area contributed by atoms with Gasteiger partial charge in [0.2, 0.25) is 0 Å². The number of likely N-dealkylation sites (tertiary alicyclic amines) is 1. The second-order valence-corrected chi connectivity index (χ2v) is 4.12. The van der Waals surface area contributed by atoms with E-state index in [1.54, 1.807) is 0 Å². The number of hydrogen-bond donors (Lipinski definition) is 2. The normalized spacial score (nSPS) is 41.5. The third kappa shape index (κ3) is 0.993. The zero-order valence-corrected chi connectivity index (χ0v) is 7.23. The maximum absolute atomic E-state index is 10.8. The van der Waals surface area contributed by atoms with Crippen LogP contribution in [0.5, 0.6) is 0 Å². The number of piperidine rings is 1. The van der Waals surface area contributed by atoms with Crippen LogP contribution >= 0.6 is 0 Å². The highest BCUT2D eigenvalue weighted by molar-refractivity contribution is 5.81. The summed E-state index contributed by atoms with van der Waals surface area (Å²) in [4.78, 5) is 22.6. The van der Waals surface area contributed by atoms with Crippen LogP contribution in [0.1, 0.15) is 19.8 Å². The van der Waals surface area contributed by atoms with Crippen LogP contribution in [0.25, 0.3) is 0 Å². The zero-order chi connectivity index (χ0) is 9.80. The highest BCUT2D eigenvalue weighted by atomic mass is 16.4. The first kappa shape index (κ1) is 8.34. The highest BCUT2D eigenvalue weighted by Crippen LogP contribution is 2.59. The summed E-state index contributed by atoms with van der Waals surface area (Å²) >= 11 is 0. The Hall–Kier alpha value is -1.26. The van der Waals surface area contributed by atoms with Crippen molar-refractivity contribution < 1.29 is 19.8 Å². The van der Waals surface area contributed by atoms with Crippen LogP contribution < -0.4 is 0 Å². The highest BCUT2D eigenvalue weighted by Gasteiger charge is 2.64. The van der Waals surface area contributed by atoms with Gasteiger partial charge in [-0.25, -0.2) is 9.59 Å². The van der Waals surface area contributed by atoms with E-state index in [0.717, 1.165) is 11.3 Å². The quantitative estimate of drug-likeness (QED) is 0.627. The number of hydrogen-bond acceptors (Lipinski definition) is 2. The third-order valence-corrected chi connectivity index (χ3v) is 3.14. The molecular formula is C8H11NO4. The number of carbonyl (C=O) groups is 2. The van der Waals surface area contributed by atoms with Crippen molar-refractivity contribution in [3.63, 3.8) is 0 Å². The van der Waals surface area contributed by atoms with Crippen LogP contribution in [0.3, 0.4) is 0 Å². The first-order chi connectivity index (χ1) is 5.96. The molecular weight excluding hydrogens is 174 g/mol. The molecule has 0 aromatic carbocycles. The van der Waals surface area contributed by atoms with Crippen molar-refractivity contribution in [1.82, 2.24) is 4.90 Å². The monoisotopic (exact) mass is 185 g/mol. The lowest BCUT2D eigenvalue weighted by Gasteiger charge is -2.20.